The van der Waals surface area contributed by atoms with E-state index in [4.69, 9.17) is 10.5 Å². The maximum absolute atomic E-state index is 10.2. The van der Waals surface area contributed by atoms with E-state index in [1.807, 2.05) is 6.07 Å². The average molecular weight is 357 g/mol. The number of aliphatic hydroxyl groups is 1. The Morgan fingerprint density at radius 1 is 1.19 bits per heavy atom. The van der Waals surface area contributed by atoms with Gasteiger partial charge in [0.15, 0.2) is 0 Å². The van der Waals surface area contributed by atoms with Crippen LogP contribution in [-0.4, -0.2) is 35.4 Å². The van der Waals surface area contributed by atoms with Crippen molar-refractivity contribution in [2.75, 3.05) is 13.2 Å². The van der Waals surface area contributed by atoms with Gasteiger partial charge in [-0.05, 0) is 35.1 Å². The van der Waals surface area contributed by atoms with Crippen LogP contribution >= 0.6 is 0 Å². The van der Waals surface area contributed by atoms with Gasteiger partial charge in [-0.1, -0.05) is 45.0 Å². The minimum atomic E-state index is -0.676. The fraction of sp³-hybridized carbons (Fsp3) is 0.476. The number of aromatic nitrogens is 1. The second-order valence-corrected chi connectivity index (χ2v) is 7.92. The molecule has 26 heavy (non-hydrogen) atoms. The third kappa shape index (κ3) is 7.52. The minimum Gasteiger partial charge on any atom is -0.490 e. The Labute approximate surface area is 156 Å². The molecule has 5 heteroatoms. The minimum absolute atomic E-state index is 0.246. The molecule has 0 saturated heterocycles. The summed E-state index contributed by atoms with van der Waals surface area (Å²) in [6, 6.07) is 11.7. The van der Waals surface area contributed by atoms with Gasteiger partial charge < -0.3 is 20.9 Å². The Morgan fingerprint density at radius 3 is 2.65 bits per heavy atom. The molecule has 0 aliphatic carbocycles. The smallest absolute Gasteiger partial charge is 0.137 e. The molecule has 0 bridgehead atoms. The number of aliphatic hydroxyl groups excluding tert-OH is 1. The van der Waals surface area contributed by atoms with Crippen molar-refractivity contribution < 1.29 is 9.84 Å². The van der Waals surface area contributed by atoms with Crippen molar-refractivity contribution in [3.05, 3.63) is 59.9 Å². The van der Waals surface area contributed by atoms with Gasteiger partial charge in [-0.15, -0.1) is 0 Å². The van der Waals surface area contributed by atoms with Crippen molar-refractivity contribution in [2.45, 2.75) is 45.9 Å². The summed E-state index contributed by atoms with van der Waals surface area (Å²) in [4.78, 5) is 3.98. The molecule has 142 valence electrons. The first-order chi connectivity index (χ1) is 12.3. The van der Waals surface area contributed by atoms with Crippen LogP contribution in [0, 0.1) is 5.41 Å². The maximum atomic E-state index is 10.2. The van der Waals surface area contributed by atoms with Crippen molar-refractivity contribution in [3.63, 3.8) is 0 Å². The molecule has 2 rings (SSSR count). The molecular weight excluding hydrogens is 326 g/mol. The van der Waals surface area contributed by atoms with Gasteiger partial charge >= 0.3 is 0 Å². The molecule has 2 aromatic rings. The highest BCUT2D eigenvalue weighted by Gasteiger charge is 2.15. The first kappa shape index (κ1) is 20.4. The van der Waals surface area contributed by atoms with E-state index in [1.54, 1.807) is 18.5 Å². The van der Waals surface area contributed by atoms with Crippen molar-refractivity contribution >= 4 is 0 Å². The summed E-state index contributed by atoms with van der Waals surface area (Å²) < 4.78 is 5.54. The van der Waals surface area contributed by atoms with E-state index in [0.717, 1.165) is 6.42 Å². The van der Waals surface area contributed by atoms with Gasteiger partial charge in [-0.3, -0.25) is 4.98 Å². The summed E-state index contributed by atoms with van der Waals surface area (Å²) in [5.41, 5.74) is 8.81. The number of hydrogen-bond donors (Lipinski definition) is 3. The molecular formula is C21H31N3O2. The molecule has 0 saturated carbocycles. The van der Waals surface area contributed by atoms with Gasteiger partial charge in [0.05, 0.1) is 18.3 Å². The first-order valence-corrected chi connectivity index (χ1v) is 9.08. The van der Waals surface area contributed by atoms with Crippen molar-refractivity contribution in [1.82, 2.24) is 10.3 Å². The average Bonchev–Trinajstić information content (AvgIpc) is 2.59. The molecule has 0 fully saturated rings. The number of benzene rings is 1. The van der Waals surface area contributed by atoms with Crippen molar-refractivity contribution in [1.29, 1.82) is 0 Å². The fourth-order valence-corrected chi connectivity index (χ4v) is 2.71. The molecule has 5 nitrogen and oxygen atoms in total. The SMILES string of the molecule is CC(C)(C)Cc1cccc(CNC[C@@H](O)[C@@H](N)COc2cccnc2)c1. The quantitative estimate of drug-likeness (QED) is 0.643. The zero-order valence-electron chi connectivity index (χ0n) is 16.0. The number of hydrogen-bond acceptors (Lipinski definition) is 5. The summed E-state index contributed by atoms with van der Waals surface area (Å²) in [5, 5.41) is 13.5. The van der Waals surface area contributed by atoms with Crippen molar-refractivity contribution in [2.24, 2.45) is 11.1 Å². The first-order valence-electron chi connectivity index (χ1n) is 9.08. The van der Waals surface area contributed by atoms with Crippen LogP contribution in [-0.2, 0) is 13.0 Å². The predicted molar refractivity (Wildman–Crippen MR) is 105 cm³/mol. The van der Waals surface area contributed by atoms with Crippen LogP contribution in [0.2, 0.25) is 0 Å². The number of rotatable bonds is 9. The lowest BCUT2D eigenvalue weighted by atomic mass is 9.88. The van der Waals surface area contributed by atoms with Gasteiger partial charge in [0.2, 0.25) is 0 Å². The Hall–Kier alpha value is -1.95. The largest absolute Gasteiger partial charge is 0.490 e. The summed E-state index contributed by atoms with van der Waals surface area (Å²) in [6.07, 6.45) is 3.67. The van der Waals surface area contributed by atoms with Gasteiger partial charge in [-0.25, -0.2) is 0 Å². The molecule has 0 aliphatic heterocycles. The molecule has 4 N–H and O–H groups in total. The van der Waals surface area contributed by atoms with Crippen LogP contribution < -0.4 is 15.8 Å². The Bertz CT molecular complexity index is 656. The zero-order chi connectivity index (χ0) is 19.0. The van der Waals surface area contributed by atoms with Crippen LogP contribution in [0.15, 0.2) is 48.8 Å². The monoisotopic (exact) mass is 357 g/mol. The van der Waals surface area contributed by atoms with E-state index in [9.17, 15) is 5.11 Å². The molecule has 0 aliphatic rings. The summed E-state index contributed by atoms with van der Waals surface area (Å²) in [7, 11) is 0. The van der Waals surface area contributed by atoms with E-state index >= 15 is 0 Å². The van der Waals surface area contributed by atoms with E-state index < -0.39 is 12.1 Å². The van der Waals surface area contributed by atoms with Crippen LogP contribution in [0.5, 0.6) is 5.75 Å². The fourth-order valence-electron chi connectivity index (χ4n) is 2.71. The van der Waals surface area contributed by atoms with Gasteiger partial charge in [0.1, 0.15) is 12.4 Å². The molecule has 0 spiro atoms. The number of nitrogens with two attached hydrogens (primary N) is 1. The Kier molecular flexibility index (Phi) is 7.57. The summed E-state index contributed by atoms with van der Waals surface area (Å²) in [6.45, 7) is 8.08. The summed E-state index contributed by atoms with van der Waals surface area (Å²) >= 11 is 0. The normalized spacial score (nSPS) is 14.0. The van der Waals surface area contributed by atoms with Crippen LogP contribution in [0.3, 0.4) is 0 Å². The lowest BCUT2D eigenvalue weighted by molar-refractivity contribution is 0.114. The standard InChI is InChI=1S/C21H31N3O2/c1-21(2,3)11-16-6-4-7-17(10-16)12-24-14-20(25)19(22)15-26-18-8-5-9-23-13-18/h4-10,13,19-20,24-25H,11-12,14-15,22H2,1-3H3/t19-,20+/m0/s1. The molecule has 0 unspecified atom stereocenters. The summed E-state index contributed by atoms with van der Waals surface area (Å²) in [5.74, 6) is 0.652. The highest BCUT2D eigenvalue weighted by molar-refractivity contribution is 5.24. The van der Waals surface area contributed by atoms with Crippen molar-refractivity contribution in [3.8, 4) is 5.75 Å². The van der Waals surface area contributed by atoms with Gasteiger partial charge in [0, 0.05) is 19.3 Å². The van der Waals surface area contributed by atoms with Crippen LogP contribution in [0.4, 0.5) is 0 Å². The van der Waals surface area contributed by atoms with Gasteiger partial charge in [0.25, 0.3) is 0 Å². The highest BCUT2D eigenvalue weighted by Crippen LogP contribution is 2.21. The number of ether oxygens (including phenoxy) is 1. The molecule has 1 aromatic heterocycles. The van der Waals surface area contributed by atoms with Crippen LogP contribution in [0.1, 0.15) is 31.9 Å². The number of nitrogens with zero attached hydrogens (tertiary/aromatic N) is 1. The Balaban J connectivity index is 1.73. The van der Waals surface area contributed by atoms with E-state index in [1.165, 1.54) is 11.1 Å². The third-order valence-electron chi connectivity index (χ3n) is 3.98. The predicted octanol–water partition coefficient (Wildman–Crippen LogP) is 2.53. The second-order valence-electron chi connectivity index (χ2n) is 7.92. The highest BCUT2D eigenvalue weighted by atomic mass is 16.5. The lowest BCUT2D eigenvalue weighted by Crippen LogP contribution is -2.45. The molecule has 0 radical (unpaired) electrons. The molecule has 0 amide bonds. The molecule has 2 atom stereocenters. The van der Waals surface area contributed by atoms with E-state index in [0.29, 0.717) is 18.8 Å². The lowest BCUT2D eigenvalue weighted by Gasteiger charge is -2.20. The number of nitrogens with one attached hydrogen (secondary N) is 1. The van der Waals surface area contributed by atoms with E-state index in [-0.39, 0.29) is 12.0 Å². The molecule has 1 heterocycles. The zero-order valence-corrected chi connectivity index (χ0v) is 16.0. The Morgan fingerprint density at radius 2 is 1.96 bits per heavy atom. The van der Waals surface area contributed by atoms with E-state index in [2.05, 4.69) is 55.3 Å². The maximum Gasteiger partial charge on any atom is 0.137 e. The van der Waals surface area contributed by atoms with Gasteiger partial charge in [-0.2, -0.15) is 0 Å². The number of pyridine rings is 1. The third-order valence-corrected chi connectivity index (χ3v) is 3.98. The second kappa shape index (κ2) is 9.67. The molecule has 1 aromatic carbocycles. The topological polar surface area (TPSA) is 80.4 Å². The van der Waals surface area contributed by atoms with Crippen LogP contribution in [0.25, 0.3) is 0 Å².